The Bertz CT molecular complexity index is 689. The predicted octanol–water partition coefficient (Wildman–Crippen LogP) is 1.31. The molecule has 0 radical (unpaired) electrons. The second kappa shape index (κ2) is 6.54. The Morgan fingerprint density at radius 1 is 1.52 bits per heavy atom. The number of amides is 2. The van der Waals surface area contributed by atoms with Gasteiger partial charge in [-0.05, 0) is 11.4 Å². The van der Waals surface area contributed by atoms with Gasteiger partial charge >= 0.3 is 5.97 Å². The Morgan fingerprint density at radius 3 is 2.96 bits per heavy atom. The van der Waals surface area contributed by atoms with Crippen molar-refractivity contribution in [2.75, 3.05) is 12.9 Å². The maximum Gasteiger partial charge on any atom is 0.356 e. The summed E-state index contributed by atoms with van der Waals surface area (Å²) in [5.74, 6) is -0.804. The first-order valence-electron chi connectivity index (χ1n) is 6.76. The Kier molecular flexibility index (Phi) is 4.65. The number of methoxy groups -OCH3 is 1. The molecule has 0 spiro atoms. The van der Waals surface area contributed by atoms with E-state index < -0.39 is 12.0 Å². The summed E-state index contributed by atoms with van der Waals surface area (Å²) in [6, 6.07) is 3.10. The summed E-state index contributed by atoms with van der Waals surface area (Å²) in [5.41, 5.74) is 0.0756. The first kappa shape index (κ1) is 16.4. The number of carbonyl (C=O) groups excluding carboxylic acids is 3. The fourth-order valence-electron chi connectivity index (χ4n) is 2.46. The highest BCUT2D eigenvalue weighted by molar-refractivity contribution is 8.00. The number of fused-ring (bicyclic) bond motifs is 1. The van der Waals surface area contributed by atoms with Crippen LogP contribution in [0.4, 0.5) is 0 Å². The summed E-state index contributed by atoms with van der Waals surface area (Å²) in [5, 5.41) is 4.59. The first-order chi connectivity index (χ1) is 11.0. The molecule has 1 saturated heterocycles. The summed E-state index contributed by atoms with van der Waals surface area (Å²) < 4.78 is 4.68. The number of rotatable bonds is 4. The van der Waals surface area contributed by atoms with Crippen molar-refractivity contribution in [2.24, 2.45) is 0 Å². The van der Waals surface area contributed by atoms with Gasteiger partial charge in [0.05, 0.1) is 18.6 Å². The molecule has 1 aromatic heterocycles. The largest absolute Gasteiger partial charge is 0.464 e. The highest BCUT2D eigenvalue weighted by atomic mass is 35.5. The van der Waals surface area contributed by atoms with E-state index in [2.05, 4.69) is 10.1 Å². The average molecular weight is 373 g/mol. The van der Waals surface area contributed by atoms with Crippen LogP contribution >= 0.6 is 34.7 Å². The molecule has 0 aliphatic carbocycles. The second-order valence-corrected chi connectivity index (χ2v) is 7.55. The van der Waals surface area contributed by atoms with Gasteiger partial charge in [0.15, 0.2) is 0 Å². The number of nitrogens with zero attached hydrogens (tertiary/aromatic N) is 1. The quantitative estimate of drug-likeness (QED) is 0.637. The van der Waals surface area contributed by atoms with Crippen molar-refractivity contribution >= 4 is 52.5 Å². The molecule has 0 aromatic carbocycles. The number of nitrogens with one attached hydrogen (secondary N) is 1. The number of β-lactam (4-membered cyclic amide) rings is 1. The molecule has 0 bridgehead atoms. The molecule has 1 N–H and O–H groups in total. The van der Waals surface area contributed by atoms with E-state index in [1.165, 1.54) is 35.1 Å². The lowest BCUT2D eigenvalue weighted by molar-refractivity contribution is -0.151. The van der Waals surface area contributed by atoms with Gasteiger partial charge in [0.2, 0.25) is 5.91 Å². The van der Waals surface area contributed by atoms with E-state index in [9.17, 15) is 14.4 Å². The summed E-state index contributed by atoms with van der Waals surface area (Å²) >= 11 is 8.94. The van der Waals surface area contributed by atoms with E-state index >= 15 is 0 Å². The molecule has 23 heavy (non-hydrogen) atoms. The van der Waals surface area contributed by atoms with Gasteiger partial charge in [-0.2, -0.15) is 0 Å². The molecule has 3 heterocycles. The van der Waals surface area contributed by atoms with E-state index in [0.29, 0.717) is 5.75 Å². The van der Waals surface area contributed by atoms with Crippen molar-refractivity contribution in [2.45, 2.75) is 17.8 Å². The number of esters is 1. The highest BCUT2D eigenvalue weighted by Gasteiger charge is 2.54. The first-order valence-corrected chi connectivity index (χ1v) is 9.07. The Balaban J connectivity index is 1.68. The van der Waals surface area contributed by atoms with Crippen molar-refractivity contribution in [1.82, 2.24) is 10.2 Å². The third kappa shape index (κ3) is 2.98. The maximum atomic E-state index is 12.3. The van der Waals surface area contributed by atoms with E-state index in [0.717, 1.165) is 4.88 Å². The van der Waals surface area contributed by atoms with Crippen molar-refractivity contribution < 1.29 is 19.1 Å². The molecule has 2 atom stereocenters. The van der Waals surface area contributed by atoms with Crippen LogP contribution in [-0.4, -0.2) is 47.0 Å². The molecule has 6 nitrogen and oxygen atoms in total. The van der Waals surface area contributed by atoms with Gasteiger partial charge in [0.25, 0.3) is 5.91 Å². The zero-order valence-electron chi connectivity index (χ0n) is 12.1. The Morgan fingerprint density at radius 2 is 2.30 bits per heavy atom. The zero-order chi connectivity index (χ0) is 16.6. The number of carbonyl (C=O) groups is 3. The minimum Gasteiger partial charge on any atom is -0.464 e. The van der Waals surface area contributed by atoms with Gasteiger partial charge in [-0.15, -0.1) is 23.1 Å². The van der Waals surface area contributed by atoms with Crippen LogP contribution in [0.15, 0.2) is 28.2 Å². The van der Waals surface area contributed by atoms with E-state index in [1.54, 1.807) is 0 Å². The third-order valence-corrected chi connectivity index (χ3v) is 6.16. The Labute approximate surface area is 145 Å². The van der Waals surface area contributed by atoms with Crippen LogP contribution in [0.25, 0.3) is 0 Å². The van der Waals surface area contributed by atoms with Gasteiger partial charge in [0, 0.05) is 10.6 Å². The van der Waals surface area contributed by atoms with Crippen LogP contribution < -0.4 is 5.32 Å². The lowest BCUT2D eigenvalue weighted by Crippen LogP contribution is -2.70. The summed E-state index contributed by atoms with van der Waals surface area (Å²) in [6.07, 6.45) is 0.235. The molecule has 1 fully saturated rings. The number of hydrogen-bond acceptors (Lipinski definition) is 6. The van der Waals surface area contributed by atoms with Gasteiger partial charge in [-0.1, -0.05) is 17.7 Å². The zero-order valence-corrected chi connectivity index (χ0v) is 14.5. The van der Waals surface area contributed by atoms with Gasteiger partial charge < -0.3 is 10.1 Å². The summed E-state index contributed by atoms with van der Waals surface area (Å²) in [4.78, 5) is 38.4. The molecule has 2 aliphatic rings. The molecule has 2 amide bonds. The lowest BCUT2D eigenvalue weighted by Gasteiger charge is -2.49. The van der Waals surface area contributed by atoms with Gasteiger partial charge in [-0.25, -0.2) is 4.79 Å². The predicted molar refractivity (Wildman–Crippen MR) is 87.9 cm³/mol. The number of halogens is 1. The molecular formula is C14H13ClN2O4S2. The van der Waals surface area contributed by atoms with Crippen LogP contribution in [-0.2, 0) is 25.5 Å². The average Bonchev–Trinajstić information content (AvgIpc) is 3.04. The van der Waals surface area contributed by atoms with Crippen molar-refractivity contribution in [3.05, 3.63) is 33.1 Å². The highest BCUT2D eigenvalue weighted by Crippen LogP contribution is 2.41. The molecule has 1 aromatic rings. The van der Waals surface area contributed by atoms with E-state index in [4.69, 9.17) is 11.6 Å². The van der Waals surface area contributed by atoms with E-state index in [1.807, 2.05) is 17.5 Å². The SMILES string of the molecule is COC(=O)C1=C(Cl)CS[C@H]2[C@H](NC(=O)Cc3cccs3)C(=O)N12. The number of ether oxygens (including phenoxy) is 1. The minimum atomic E-state index is -0.642. The van der Waals surface area contributed by atoms with Crippen LogP contribution in [0.1, 0.15) is 4.88 Å². The third-order valence-electron chi connectivity index (χ3n) is 3.53. The van der Waals surface area contributed by atoms with Crippen LogP contribution in [0.5, 0.6) is 0 Å². The molecule has 2 aliphatic heterocycles. The molecule has 122 valence electrons. The molecule has 3 rings (SSSR count). The normalized spacial score (nSPS) is 23.2. The van der Waals surface area contributed by atoms with Crippen molar-refractivity contribution in [3.63, 3.8) is 0 Å². The Hall–Kier alpha value is -1.51. The van der Waals surface area contributed by atoms with Crippen LogP contribution in [0.3, 0.4) is 0 Å². The number of hydrogen-bond donors (Lipinski definition) is 1. The minimum absolute atomic E-state index is 0.0756. The smallest absolute Gasteiger partial charge is 0.356 e. The van der Waals surface area contributed by atoms with Crippen molar-refractivity contribution in [3.8, 4) is 0 Å². The van der Waals surface area contributed by atoms with Crippen LogP contribution in [0.2, 0.25) is 0 Å². The topological polar surface area (TPSA) is 75.7 Å². The molecule has 0 unspecified atom stereocenters. The maximum absolute atomic E-state index is 12.3. The molecular weight excluding hydrogens is 360 g/mol. The standard InChI is InChI=1S/C14H13ClN2O4S2/c1-21-14(20)11-8(15)6-23-13-10(12(19)17(11)13)16-9(18)5-7-3-2-4-22-7/h2-4,10,13H,5-6H2,1H3,(H,16,18)/t10-,13+/m1/s1. The number of thiophene rings is 1. The fourth-order valence-corrected chi connectivity index (χ4v) is 4.71. The lowest BCUT2D eigenvalue weighted by atomic mass is 10.0. The van der Waals surface area contributed by atoms with Gasteiger partial charge in [0.1, 0.15) is 17.1 Å². The number of thioether (sulfide) groups is 1. The monoisotopic (exact) mass is 372 g/mol. The van der Waals surface area contributed by atoms with Crippen molar-refractivity contribution in [1.29, 1.82) is 0 Å². The summed E-state index contributed by atoms with van der Waals surface area (Å²) in [6.45, 7) is 0. The van der Waals surface area contributed by atoms with E-state index in [-0.39, 0.29) is 34.3 Å². The van der Waals surface area contributed by atoms with Gasteiger partial charge in [-0.3, -0.25) is 14.5 Å². The fraction of sp³-hybridized carbons (Fsp3) is 0.357. The molecule has 0 saturated carbocycles. The summed E-state index contributed by atoms with van der Waals surface area (Å²) in [7, 11) is 1.24. The van der Waals surface area contributed by atoms with Crippen LogP contribution in [0, 0.1) is 0 Å². The second-order valence-electron chi connectivity index (χ2n) is 4.96. The molecule has 9 heteroatoms.